The van der Waals surface area contributed by atoms with E-state index in [4.69, 9.17) is 0 Å². The number of hydrogen-bond donors (Lipinski definition) is 2. The molecule has 126 valence electrons. The van der Waals surface area contributed by atoms with E-state index in [0.717, 1.165) is 27.2 Å². The second kappa shape index (κ2) is 6.75. The lowest BCUT2D eigenvalue weighted by molar-refractivity contribution is 0.0949. The maximum atomic E-state index is 12.3. The lowest BCUT2D eigenvalue weighted by Gasteiger charge is -2.06. The van der Waals surface area contributed by atoms with Gasteiger partial charge >= 0.3 is 0 Å². The Morgan fingerprint density at radius 3 is 2.83 bits per heavy atom. The topological polar surface area (TPSA) is 67.2 Å². The van der Waals surface area contributed by atoms with Gasteiger partial charge in [-0.05, 0) is 44.9 Å². The number of nitrogens with zero attached hydrogens (tertiary/aromatic N) is 2. The monoisotopic (exact) mass is 343 g/mol. The molecular formula is C18H21N3O2S. The molecule has 0 fully saturated rings. The van der Waals surface area contributed by atoms with Crippen LogP contribution in [0.1, 0.15) is 34.3 Å². The average Bonchev–Trinajstić information content (AvgIpc) is 3.09. The summed E-state index contributed by atoms with van der Waals surface area (Å²) < 4.78 is 1.91. The number of aliphatic hydroxyl groups excluding tert-OH is 1. The highest BCUT2D eigenvalue weighted by Crippen LogP contribution is 2.31. The minimum absolute atomic E-state index is 0.104. The SMILES string of the molecule is Cc1ccccc1-n1nc(C)c2cc(C(=O)NCCC(C)O)sc21. The summed E-state index contributed by atoms with van der Waals surface area (Å²) >= 11 is 1.44. The summed E-state index contributed by atoms with van der Waals surface area (Å²) in [6.07, 6.45) is 0.136. The van der Waals surface area contributed by atoms with Gasteiger partial charge in [-0.2, -0.15) is 5.10 Å². The van der Waals surface area contributed by atoms with Gasteiger partial charge in [0.15, 0.2) is 0 Å². The number of aromatic nitrogens is 2. The Balaban J connectivity index is 1.93. The van der Waals surface area contributed by atoms with Crippen LogP contribution >= 0.6 is 11.3 Å². The molecule has 6 heteroatoms. The summed E-state index contributed by atoms with van der Waals surface area (Å²) in [4.78, 5) is 13.9. The van der Waals surface area contributed by atoms with Gasteiger partial charge in [-0.25, -0.2) is 4.68 Å². The van der Waals surface area contributed by atoms with E-state index < -0.39 is 6.10 Å². The molecule has 0 aliphatic carbocycles. The fourth-order valence-electron chi connectivity index (χ4n) is 2.61. The number of thiophene rings is 1. The first-order valence-corrected chi connectivity index (χ1v) is 8.80. The van der Waals surface area contributed by atoms with E-state index in [9.17, 15) is 9.90 Å². The predicted molar refractivity (Wildman–Crippen MR) is 97.1 cm³/mol. The lowest BCUT2D eigenvalue weighted by Crippen LogP contribution is -2.25. The maximum absolute atomic E-state index is 12.3. The van der Waals surface area contributed by atoms with E-state index in [1.165, 1.54) is 11.3 Å². The number of benzene rings is 1. The Kier molecular flexibility index (Phi) is 4.69. The molecule has 2 aromatic heterocycles. The van der Waals surface area contributed by atoms with Crippen molar-refractivity contribution >= 4 is 27.5 Å². The molecule has 0 spiro atoms. The summed E-state index contributed by atoms with van der Waals surface area (Å²) in [6.45, 7) is 6.19. The van der Waals surface area contributed by atoms with E-state index in [0.29, 0.717) is 17.8 Å². The molecule has 5 nitrogen and oxygen atoms in total. The number of fused-ring (bicyclic) bond motifs is 1. The van der Waals surface area contributed by atoms with Gasteiger partial charge in [0.25, 0.3) is 5.91 Å². The fourth-order valence-corrected chi connectivity index (χ4v) is 3.70. The summed E-state index contributed by atoms with van der Waals surface area (Å²) in [5.74, 6) is -0.104. The van der Waals surface area contributed by atoms with E-state index in [1.54, 1.807) is 6.92 Å². The van der Waals surface area contributed by atoms with Gasteiger partial charge in [0.05, 0.1) is 22.4 Å². The number of para-hydroxylation sites is 1. The third-order valence-electron chi connectivity index (χ3n) is 3.96. The number of aryl methyl sites for hydroxylation is 2. The van der Waals surface area contributed by atoms with Crippen LogP contribution in [0.4, 0.5) is 0 Å². The van der Waals surface area contributed by atoms with Crippen molar-refractivity contribution in [1.82, 2.24) is 15.1 Å². The summed E-state index contributed by atoms with van der Waals surface area (Å²) in [5, 5.41) is 17.8. The van der Waals surface area contributed by atoms with E-state index in [2.05, 4.69) is 23.4 Å². The molecule has 0 aliphatic rings. The smallest absolute Gasteiger partial charge is 0.261 e. The lowest BCUT2D eigenvalue weighted by atomic mass is 10.2. The number of nitrogens with one attached hydrogen (secondary N) is 1. The van der Waals surface area contributed by atoms with Crippen LogP contribution in [0.3, 0.4) is 0 Å². The zero-order valence-corrected chi connectivity index (χ0v) is 14.9. The number of rotatable bonds is 5. The van der Waals surface area contributed by atoms with Crippen LogP contribution in [0, 0.1) is 13.8 Å². The normalized spacial score (nSPS) is 12.5. The molecule has 0 aliphatic heterocycles. The largest absolute Gasteiger partial charge is 0.393 e. The molecule has 0 bridgehead atoms. The second-order valence-corrected chi connectivity index (χ2v) is 7.04. The maximum Gasteiger partial charge on any atom is 0.261 e. The van der Waals surface area contributed by atoms with Crippen LogP contribution in [0.25, 0.3) is 15.9 Å². The Bertz CT molecular complexity index is 880. The van der Waals surface area contributed by atoms with Crippen LogP contribution in [0.5, 0.6) is 0 Å². The van der Waals surface area contributed by atoms with Gasteiger partial charge in [-0.1, -0.05) is 18.2 Å². The number of carbonyl (C=O) groups excluding carboxylic acids is 1. The van der Waals surface area contributed by atoms with Crippen molar-refractivity contribution in [3.8, 4) is 5.69 Å². The second-order valence-electron chi connectivity index (χ2n) is 6.01. The standard InChI is InChI=1S/C18H21N3O2S/c1-11-6-4-5-7-15(11)21-18-14(13(3)20-21)10-16(24-18)17(23)19-9-8-12(2)22/h4-7,10,12,22H,8-9H2,1-3H3,(H,19,23). The van der Waals surface area contributed by atoms with Crippen molar-refractivity contribution in [2.75, 3.05) is 6.54 Å². The third-order valence-corrected chi connectivity index (χ3v) is 5.07. The Hall–Kier alpha value is -2.18. The molecule has 0 radical (unpaired) electrons. The highest BCUT2D eigenvalue weighted by atomic mass is 32.1. The van der Waals surface area contributed by atoms with Gasteiger partial charge in [0.1, 0.15) is 4.83 Å². The van der Waals surface area contributed by atoms with Gasteiger partial charge in [-0.15, -0.1) is 11.3 Å². The Morgan fingerprint density at radius 1 is 1.38 bits per heavy atom. The minimum Gasteiger partial charge on any atom is -0.393 e. The molecule has 1 amide bonds. The van der Waals surface area contributed by atoms with Crippen LogP contribution in [0.2, 0.25) is 0 Å². The van der Waals surface area contributed by atoms with Crippen molar-refractivity contribution in [2.24, 2.45) is 0 Å². The van der Waals surface area contributed by atoms with Gasteiger partial charge < -0.3 is 10.4 Å². The van der Waals surface area contributed by atoms with Crippen LogP contribution in [-0.4, -0.2) is 33.4 Å². The Morgan fingerprint density at radius 2 is 2.12 bits per heavy atom. The summed E-state index contributed by atoms with van der Waals surface area (Å²) in [5.41, 5.74) is 3.07. The van der Waals surface area contributed by atoms with E-state index >= 15 is 0 Å². The number of hydrogen-bond acceptors (Lipinski definition) is 4. The number of aliphatic hydroxyl groups is 1. The third kappa shape index (κ3) is 3.20. The molecule has 1 unspecified atom stereocenters. The average molecular weight is 343 g/mol. The van der Waals surface area contributed by atoms with E-state index in [1.807, 2.05) is 35.9 Å². The van der Waals surface area contributed by atoms with Crippen molar-refractivity contribution in [3.63, 3.8) is 0 Å². The zero-order valence-electron chi connectivity index (χ0n) is 14.0. The molecule has 24 heavy (non-hydrogen) atoms. The van der Waals surface area contributed by atoms with E-state index in [-0.39, 0.29) is 5.91 Å². The van der Waals surface area contributed by atoms with Gasteiger partial charge in [-0.3, -0.25) is 4.79 Å². The van der Waals surface area contributed by atoms with Crippen molar-refractivity contribution in [3.05, 3.63) is 46.5 Å². The number of amides is 1. The molecule has 2 heterocycles. The first-order valence-electron chi connectivity index (χ1n) is 7.99. The molecule has 2 N–H and O–H groups in total. The molecule has 3 aromatic rings. The highest BCUT2D eigenvalue weighted by molar-refractivity contribution is 7.20. The molecule has 3 rings (SSSR count). The molecule has 1 atom stereocenters. The highest BCUT2D eigenvalue weighted by Gasteiger charge is 2.17. The van der Waals surface area contributed by atoms with Crippen molar-refractivity contribution in [2.45, 2.75) is 33.3 Å². The predicted octanol–water partition coefficient (Wildman–Crippen LogP) is 3.20. The van der Waals surface area contributed by atoms with Crippen LogP contribution < -0.4 is 5.32 Å². The first kappa shape index (κ1) is 16.7. The summed E-state index contributed by atoms with van der Waals surface area (Å²) in [7, 11) is 0. The first-order chi connectivity index (χ1) is 11.5. The van der Waals surface area contributed by atoms with Crippen molar-refractivity contribution in [1.29, 1.82) is 0 Å². The minimum atomic E-state index is -0.412. The van der Waals surface area contributed by atoms with Gasteiger partial charge in [0.2, 0.25) is 0 Å². The number of carbonyl (C=O) groups is 1. The summed E-state index contributed by atoms with van der Waals surface area (Å²) in [6, 6.07) is 9.97. The quantitative estimate of drug-likeness (QED) is 0.747. The molecular weight excluding hydrogens is 322 g/mol. The van der Waals surface area contributed by atoms with Crippen LogP contribution in [-0.2, 0) is 0 Å². The molecule has 0 saturated carbocycles. The van der Waals surface area contributed by atoms with Gasteiger partial charge in [0, 0.05) is 11.9 Å². The molecule has 1 aromatic carbocycles. The fraction of sp³-hybridized carbons (Fsp3) is 0.333. The van der Waals surface area contributed by atoms with Crippen molar-refractivity contribution < 1.29 is 9.90 Å². The zero-order chi connectivity index (χ0) is 17.3. The Labute approximate surface area is 144 Å². The van der Waals surface area contributed by atoms with Crippen LogP contribution in [0.15, 0.2) is 30.3 Å². The molecule has 0 saturated heterocycles.